The number of hydrogen-bond acceptors (Lipinski definition) is 4. The van der Waals surface area contributed by atoms with Crippen LogP contribution in [0.2, 0.25) is 0 Å². The second-order valence-corrected chi connectivity index (χ2v) is 6.26. The lowest BCUT2D eigenvalue weighted by atomic mass is 10.1. The van der Waals surface area contributed by atoms with Crippen LogP contribution in [-0.4, -0.2) is 26.5 Å². The Morgan fingerprint density at radius 3 is 2.69 bits per heavy atom. The third-order valence-electron chi connectivity index (χ3n) is 3.46. The van der Waals surface area contributed by atoms with E-state index >= 15 is 0 Å². The number of nitrogens with zero attached hydrogens (tertiary/aromatic N) is 3. The molecule has 0 bridgehead atoms. The third-order valence-corrected chi connectivity index (χ3v) is 3.95. The van der Waals surface area contributed by atoms with Gasteiger partial charge in [0.05, 0.1) is 17.7 Å². The Kier molecular flexibility index (Phi) is 5.03. The highest BCUT2D eigenvalue weighted by Gasteiger charge is 2.30. The van der Waals surface area contributed by atoms with Gasteiger partial charge in [-0.15, -0.1) is 10.2 Å². The minimum Gasteiger partial charge on any atom is -0.325 e. The topological polar surface area (TPSA) is 83.6 Å². The van der Waals surface area contributed by atoms with Gasteiger partial charge < -0.3 is 5.32 Å². The van der Waals surface area contributed by atoms with Crippen molar-refractivity contribution in [1.82, 2.24) is 20.6 Å². The van der Waals surface area contributed by atoms with E-state index in [-0.39, 0.29) is 17.8 Å². The Labute approximate surface area is 153 Å². The first kappa shape index (κ1) is 18.1. The summed E-state index contributed by atoms with van der Waals surface area (Å²) in [5.74, 6) is -0.183. The number of amides is 1. The molecule has 1 heterocycles. The number of rotatable bonds is 4. The van der Waals surface area contributed by atoms with Crippen LogP contribution in [0.25, 0.3) is 11.4 Å². The molecule has 0 unspecified atom stereocenters. The number of aromatic nitrogens is 4. The maximum atomic E-state index is 12.8. The largest absolute Gasteiger partial charge is 0.416 e. The average molecular weight is 426 g/mol. The summed E-state index contributed by atoms with van der Waals surface area (Å²) in [6.45, 7) is 0. The zero-order valence-electron chi connectivity index (χ0n) is 13.0. The molecular formula is C16H11BrF3N5O. The molecule has 2 N–H and O–H groups in total. The molecule has 1 amide bonds. The van der Waals surface area contributed by atoms with Gasteiger partial charge in [0.2, 0.25) is 11.7 Å². The predicted molar refractivity (Wildman–Crippen MR) is 91.1 cm³/mol. The maximum Gasteiger partial charge on any atom is 0.416 e. The van der Waals surface area contributed by atoms with Gasteiger partial charge in [-0.05, 0) is 35.0 Å². The van der Waals surface area contributed by atoms with Crippen LogP contribution in [-0.2, 0) is 17.4 Å². The molecular weight excluding hydrogens is 415 g/mol. The molecule has 26 heavy (non-hydrogen) atoms. The first-order chi connectivity index (χ1) is 12.3. The quantitative estimate of drug-likeness (QED) is 0.665. The monoisotopic (exact) mass is 425 g/mol. The lowest BCUT2D eigenvalue weighted by Crippen LogP contribution is -2.16. The van der Waals surface area contributed by atoms with Crippen molar-refractivity contribution >= 4 is 27.5 Å². The maximum absolute atomic E-state index is 12.8. The van der Waals surface area contributed by atoms with Crippen molar-refractivity contribution in [3.63, 3.8) is 0 Å². The van der Waals surface area contributed by atoms with Crippen LogP contribution in [0.4, 0.5) is 18.9 Å². The molecule has 0 saturated carbocycles. The van der Waals surface area contributed by atoms with Gasteiger partial charge in [0, 0.05) is 10.0 Å². The Morgan fingerprint density at radius 2 is 2.00 bits per heavy atom. The normalized spacial score (nSPS) is 11.4. The van der Waals surface area contributed by atoms with E-state index in [0.717, 1.165) is 16.6 Å². The van der Waals surface area contributed by atoms with E-state index in [4.69, 9.17) is 0 Å². The molecule has 0 saturated heterocycles. The first-order valence-electron chi connectivity index (χ1n) is 7.32. The van der Waals surface area contributed by atoms with Crippen LogP contribution < -0.4 is 5.32 Å². The standard InChI is InChI=1S/C16H11BrF3N5O/c17-11-4-5-13(12(8-11)15-22-24-25-23-15)21-14(26)7-9-2-1-3-10(6-9)16(18,19)20/h1-6,8H,7H2,(H,21,26)(H,22,23,24,25). The van der Waals surface area contributed by atoms with Gasteiger partial charge in [-0.3, -0.25) is 4.79 Å². The number of tetrazole rings is 1. The molecule has 0 radical (unpaired) electrons. The second-order valence-electron chi connectivity index (χ2n) is 5.35. The highest BCUT2D eigenvalue weighted by molar-refractivity contribution is 9.10. The second kappa shape index (κ2) is 7.24. The average Bonchev–Trinajstić information content (AvgIpc) is 3.10. The molecule has 0 aliphatic heterocycles. The van der Waals surface area contributed by atoms with Crippen molar-refractivity contribution in [1.29, 1.82) is 0 Å². The lowest BCUT2D eigenvalue weighted by Gasteiger charge is -2.11. The van der Waals surface area contributed by atoms with E-state index in [2.05, 4.69) is 41.9 Å². The molecule has 3 aromatic rings. The zero-order chi connectivity index (χ0) is 18.7. The number of anilines is 1. The smallest absolute Gasteiger partial charge is 0.325 e. The number of nitrogens with one attached hydrogen (secondary N) is 2. The molecule has 0 fully saturated rings. The van der Waals surface area contributed by atoms with E-state index in [9.17, 15) is 18.0 Å². The van der Waals surface area contributed by atoms with E-state index < -0.39 is 17.6 Å². The van der Waals surface area contributed by atoms with E-state index in [1.165, 1.54) is 12.1 Å². The van der Waals surface area contributed by atoms with E-state index in [0.29, 0.717) is 11.3 Å². The summed E-state index contributed by atoms with van der Waals surface area (Å²) >= 11 is 3.32. The number of H-pyrrole nitrogens is 1. The van der Waals surface area contributed by atoms with Crippen molar-refractivity contribution in [3.8, 4) is 11.4 Å². The molecule has 10 heteroatoms. The number of carbonyl (C=O) groups excluding carboxylic acids is 1. The molecule has 0 aliphatic rings. The first-order valence-corrected chi connectivity index (χ1v) is 8.11. The van der Waals surface area contributed by atoms with Crippen molar-refractivity contribution in [2.45, 2.75) is 12.6 Å². The molecule has 6 nitrogen and oxygen atoms in total. The highest BCUT2D eigenvalue weighted by atomic mass is 79.9. The molecule has 0 spiro atoms. The van der Waals surface area contributed by atoms with Gasteiger partial charge in [0.15, 0.2) is 0 Å². The van der Waals surface area contributed by atoms with Gasteiger partial charge in [-0.2, -0.15) is 18.4 Å². The van der Waals surface area contributed by atoms with Crippen LogP contribution in [0, 0.1) is 0 Å². The molecule has 0 aliphatic carbocycles. The SMILES string of the molecule is O=C(Cc1cccc(C(F)(F)F)c1)Nc1ccc(Br)cc1-c1nn[nH]n1. The third kappa shape index (κ3) is 4.26. The minimum atomic E-state index is -4.45. The highest BCUT2D eigenvalue weighted by Crippen LogP contribution is 2.30. The van der Waals surface area contributed by atoms with Crippen LogP contribution in [0.15, 0.2) is 46.9 Å². The number of aromatic amines is 1. The van der Waals surface area contributed by atoms with Gasteiger partial charge in [0.1, 0.15) is 0 Å². The summed E-state index contributed by atoms with van der Waals surface area (Å²) in [6, 6.07) is 9.71. The van der Waals surface area contributed by atoms with Crippen LogP contribution in [0.3, 0.4) is 0 Å². The number of hydrogen-bond donors (Lipinski definition) is 2. The van der Waals surface area contributed by atoms with Gasteiger partial charge in [0.25, 0.3) is 0 Å². The summed E-state index contributed by atoms with van der Waals surface area (Å²) in [4.78, 5) is 12.3. The number of benzene rings is 2. The summed E-state index contributed by atoms with van der Waals surface area (Å²) in [6.07, 6.45) is -4.66. The van der Waals surface area contributed by atoms with Gasteiger partial charge in [-0.25, -0.2) is 0 Å². The minimum absolute atomic E-state index is 0.203. The Balaban J connectivity index is 1.79. The van der Waals surface area contributed by atoms with Crippen LogP contribution in [0.1, 0.15) is 11.1 Å². The summed E-state index contributed by atoms with van der Waals surface area (Å²) in [7, 11) is 0. The lowest BCUT2D eigenvalue weighted by molar-refractivity contribution is -0.137. The summed E-state index contributed by atoms with van der Waals surface area (Å²) in [5.41, 5.74) is 0.409. The fourth-order valence-corrected chi connectivity index (χ4v) is 2.68. The Morgan fingerprint density at radius 1 is 1.19 bits per heavy atom. The zero-order valence-corrected chi connectivity index (χ0v) is 14.6. The van der Waals surface area contributed by atoms with Crippen molar-refractivity contribution in [3.05, 3.63) is 58.1 Å². The predicted octanol–water partition coefficient (Wildman–Crippen LogP) is 3.83. The van der Waals surface area contributed by atoms with Gasteiger partial charge in [-0.1, -0.05) is 34.1 Å². The number of halogens is 4. The van der Waals surface area contributed by atoms with Gasteiger partial charge >= 0.3 is 6.18 Å². The summed E-state index contributed by atoms with van der Waals surface area (Å²) in [5, 5.41) is 16.2. The number of alkyl halides is 3. The molecule has 134 valence electrons. The summed E-state index contributed by atoms with van der Waals surface area (Å²) < 4.78 is 39.1. The van der Waals surface area contributed by atoms with E-state index in [1.54, 1.807) is 18.2 Å². The van der Waals surface area contributed by atoms with Crippen molar-refractivity contribution < 1.29 is 18.0 Å². The number of carbonyl (C=O) groups is 1. The fraction of sp³-hybridized carbons (Fsp3) is 0.125. The Hall–Kier alpha value is -2.75. The van der Waals surface area contributed by atoms with Crippen LogP contribution in [0.5, 0.6) is 0 Å². The fourth-order valence-electron chi connectivity index (χ4n) is 2.32. The molecule has 0 atom stereocenters. The molecule has 1 aromatic heterocycles. The van der Waals surface area contributed by atoms with Crippen molar-refractivity contribution in [2.75, 3.05) is 5.32 Å². The van der Waals surface area contributed by atoms with E-state index in [1.807, 2.05) is 0 Å². The van der Waals surface area contributed by atoms with Crippen molar-refractivity contribution in [2.24, 2.45) is 0 Å². The molecule has 3 rings (SSSR count). The Bertz CT molecular complexity index is 928. The molecule has 2 aromatic carbocycles. The van der Waals surface area contributed by atoms with Crippen LogP contribution >= 0.6 is 15.9 Å².